The zero-order chi connectivity index (χ0) is 45.1. The minimum Gasteiger partial charge on any atom is -0.311 e. The first-order valence-corrected chi connectivity index (χ1v) is 26.9. The zero-order valence-corrected chi connectivity index (χ0v) is 42.5. The van der Waals surface area contributed by atoms with E-state index in [1.165, 1.54) is 126 Å². The summed E-state index contributed by atoms with van der Waals surface area (Å²) in [4.78, 5) is 27.8. The largest absolute Gasteiger partial charge is 0.311 e. The molecule has 4 fully saturated rings. The van der Waals surface area contributed by atoms with E-state index in [1.807, 2.05) is 0 Å². The SMILES string of the molecule is CC(=O)O.CC(=O)O.O.[Cl][Mn][Cl].[Mn].c1cc2nc(c1)CN[C@@H]1CCCC[C@H]1NCCNC1CCCC[C@H]1NC2.c1cc2nc(c1)CN[C@@H]1CCCC[C@H]1NCCNC1CCCC[C@H]1NC2. The maximum atomic E-state index is 9.00. The standard InChI is InChI=1S/2C21H35N5.2C2H4O2.2ClH.2Mn.H2O/c2*1-3-10-20-18(8-1)22-12-13-23-19-9-2-4-11-21(19)25-15-17-7-5-6-16(26-17)14-24-20;2*1-2(3)4;;;;;/h2*5-7,18-25H,1-4,8-15H2;2*1H3,(H,3,4);2*1H;;;1H2/q;;;;;;;+2;/p-2/t2*18-,19?,20-,21-;;;;;;;/m11......./s1. The number of pyridine rings is 2. The molecular formula is C46H80Cl2Mn2N10O5. The number of fused-ring (bicyclic) bond motifs is 8. The van der Waals surface area contributed by atoms with Gasteiger partial charge < -0.3 is 58.2 Å². The van der Waals surface area contributed by atoms with Gasteiger partial charge in [0.25, 0.3) is 11.9 Å². The monoisotopic (exact) mass is 1030 g/mol. The first-order valence-electron chi connectivity index (χ1n) is 23.7. The number of rotatable bonds is 0. The van der Waals surface area contributed by atoms with Crippen molar-refractivity contribution in [2.45, 2.75) is 191 Å². The van der Waals surface area contributed by atoms with Gasteiger partial charge in [-0.25, -0.2) is 0 Å². The number of carboxylic acid groups (broad SMARTS) is 2. The Labute approximate surface area is 414 Å². The van der Waals surface area contributed by atoms with Crippen LogP contribution in [0.2, 0.25) is 0 Å². The summed E-state index contributed by atoms with van der Waals surface area (Å²) in [5.41, 5.74) is 4.67. The van der Waals surface area contributed by atoms with Crippen molar-refractivity contribution in [3.8, 4) is 0 Å². The van der Waals surface area contributed by atoms with E-state index in [0.29, 0.717) is 48.3 Å². The minimum absolute atomic E-state index is 0. The third-order valence-electron chi connectivity index (χ3n) is 12.9. The molecule has 0 saturated heterocycles. The van der Waals surface area contributed by atoms with Crippen LogP contribution in [0.3, 0.4) is 0 Å². The molecule has 372 valence electrons. The summed E-state index contributed by atoms with van der Waals surface area (Å²) in [6.45, 7) is 9.94. The van der Waals surface area contributed by atoms with Crippen LogP contribution >= 0.6 is 20.2 Å². The van der Waals surface area contributed by atoms with Crippen LogP contribution in [0.5, 0.6) is 0 Å². The number of halogens is 2. The number of carboxylic acids is 2. The number of nitrogens with zero attached hydrogens (tertiary/aromatic N) is 2. The molecule has 19 heteroatoms. The maximum Gasteiger partial charge on any atom is 0.0545 e. The van der Waals surface area contributed by atoms with E-state index >= 15 is 0 Å². The molecule has 4 heterocycles. The number of hydrogen-bond acceptors (Lipinski definition) is 12. The second-order valence-corrected chi connectivity index (χ2v) is 19.6. The first-order chi connectivity index (χ1) is 30.6. The molecule has 2 aliphatic heterocycles. The average molecular weight is 1030 g/mol. The maximum absolute atomic E-state index is 9.00. The molecule has 1 radical (unpaired) electrons. The summed E-state index contributed by atoms with van der Waals surface area (Å²) in [6, 6.07) is 17.6. The molecule has 0 spiro atoms. The molecule has 0 amide bonds. The van der Waals surface area contributed by atoms with E-state index in [0.717, 1.165) is 66.2 Å². The molecule has 12 N–H and O–H groups in total. The van der Waals surface area contributed by atoms with Gasteiger partial charge in [-0.05, 0) is 75.6 Å². The number of hydrogen-bond donors (Lipinski definition) is 10. The van der Waals surface area contributed by atoms with Crippen molar-refractivity contribution in [1.29, 1.82) is 0 Å². The Hall–Kier alpha value is -1.50. The molecule has 15 nitrogen and oxygen atoms in total. The van der Waals surface area contributed by atoms with E-state index in [-0.39, 0.29) is 35.7 Å². The minimum atomic E-state index is -0.833. The molecule has 65 heavy (non-hydrogen) atoms. The second-order valence-electron chi connectivity index (χ2n) is 17.7. The Bertz CT molecular complexity index is 1370. The quantitative estimate of drug-likeness (QED) is 0.159. The van der Waals surface area contributed by atoms with Crippen LogP contribution in [0.4, 0.5) is 0 Å². The van der Waals surface area contributed by atoms with Crippen LogP contribution in [0.1, 0.15) is 139 Å². The predicted octanol–water partition coefficient (Wildman–Crippen LogP) is 4.88. The van der Waals surface area contributed by atoms with Gasteiger partial charge >= 0.3 is 33.3 Å². The van der Waals surface area contributed by atoms with Crippen LogP contribution in [-0.2, 0) is 66.0 Å². The summed E-state index contributed by atoms with van der Waals surface area (Å²) in [7, 11) is 9.59. The third kappa shape index (κ3) is 24.6. The number of aliphatic carboxylic acids is 2. The molecule has 6 aliphatic rings. The summed E-state index contributed by atoms with van der Waals surface area (Å²) in [5.74, 6) is -1.67. The Morgan fingerprint density at radius 1 is 0.462 bits per heavy atom. The van der Waals surface area contributed by atoms with Gasteiger partial charge in [-0.2, -0.15) is 0 Å². The average Bonchev–Trinajstić information content (AvgIpc) is 3.28. The Balaban J connectivity index is 0.000000356. The van der Waals surface area contributed by atoms with E-state index in [2.05, 4.69) is 78.9 Å². The van der Waals surface area contributed by atoms with E-state index < -0.39 is 11.9 Å². The van der Waals surface area contributed by atoms with Crippen molar-refractivity contribution >= 4 is 32.1 Å². The zero-order valence-electron chi connectivity index (χ0n) is 38.7. The Morgan fingerprint density at radius 2 is 0.631 bits per heavy atom. The Morgan fingerprint density at radius 3 is 0.815 bits per heavy atom. The van der Waals surface area contributed by atoms with Crippen LogP contribution in [0, 0.1) is 0 Å². The van der Waals surface area contributed by atoms with Crippen LogP contribution in [0.25, 0.3) is 0 Å². The number of aromatic nitrogens is 2. The van der Waals surface area contributed by atoms with Gasteiger partial charge in [0.2, 0.25) is 0 Å². The van der Waals surface area contributed by atoms with Gasteiger partial charge in [0.15, 0.2) is 0 Å². The van der Waals surface area contributed by atoms with Gasteiger partial charge in [-0.3, -0.25) is 19.6 Å². The summed E-state index contributed by atoms with van der Waals surface area (Å²) < 4.78 is 0. The fourth-order valence-corrected chi connectivity index (χ4v) is 9.90. The van der Waals surface area contributed by atoms with Crippen molar-refractivity contribution in [1.82, 2.24) is 52.5 Å². The van der Waals surface area contributed by atoms with E-state index in [1.54, 1.807) is 0 Å². The molecule has 4 aliphatic carbocycles. The van der Waals surface area contributed by atoms with Gasteiger partial charge in [0, 0.05) is 132 Å². The predicted molar refractivity (Wildman–Crippen MR) is 254 cm³/mol. The molecule has 2 aromatic rings. The fourth-order valence-electron chi connectivity index (χ4n) is 9.90. The first kappa shape index (κ1) is 59.6. The molecule has 4 saturated carbocycles. The van der Waals surface area contributed by atoms with Gasteiger partial charge in [0.1, 0.15) is 0 Å². The smallest absolute Gasteiger partial charge is 0.0545 e. The van der Waals surface area contributed by atoms with E-state index in [4.69, 9.17) is 50.0 Å². The van der Waals surface area contributed by atoms with E-state index in [9.17, 15) is 0 Å². The number of carbonyl (C=O) groups is 2. The van der Waals surface area contributed by atoms with Gasteiger partial charge in [-0.1, -0.05) is 63.5 Å². The second kappa shape index (κ2) is 35.6. The van der Waals surface area contributed by atoms with Crippen molar-refractivity contribution < 1.29 is 55.5 Å². The molecule has 0 aromatic carbocycles. The van der Waals surface area contributed by atoms with Crippen molar-refractivity contribution in [3.05, 3.63) is 59.2 Å². The van der Waals surface area contributed by atoms with Gasteiger partial charge in [-0.15, -0.1) is 0 Å². The topological polar surface area (TPSA) is 228 Å². The Kier molecular flexibility index (Phi) is 32.6. The molecule has 2 aromatic heterocycles. The molecule has 8 rings (SSSR count). The van der Waals surface area contributed by atoms with Crippen molar-refractivity contribution in [3.63, 3.8) is 0 Å². The number of nitrogens with one attached hydrogen (secondary N) is 8. The van der Waals surface area contributed by atoms with Crippen LogP contribution in [0.15, 0.2) is 36.4 Å². The molecule has 4 bridgehead atoms. The fraction of sp³-hybridized carbons (Fsp3) is 0.739. The summed E-state index contributed by atoms with van der Waals surface area (Å²) in [5, 5.41) is 45.3. The van der Waals surface area contributed by atoms with Crippen LogP contribution < -0.4 is 42.5 Å². The molecular weight excluding hydrogens is 953 g/mol. The normalized spacial score (nSPS) is 28.2. The third-order valence-corrected chi connectivity index (χ3v) is 12.9. The van der Waals surface area contributed by atoms with Crippen molar-refractivity contribution in [2.24, 2.45) is 0 Å². The summed E-state index contributed by atoms with van der Waals surface area (Å²) in [6.07, 6.45) is 21.0. The van der Waals surface area contributed by atoms with Gasteiger partial charge in [0.05, 0.1) is 22.8 Å². The van der Waals surface area contributed by atoms with Crippen LogP contribution in [-0.4, -0.2) is 112 Å². The molecule has 2 unspecified atom stereocenters. The molecule has 8 atom stereocenters. The van der Waals surface area contributed by atoms with Crippen molar-refractivity contribution in [2.75, 3.05) is 26.2 Å². The summed E-state index contributed by atoms with van der Waals surface area (Å²) >= 11 is 0.00694.